The third-order valence-electron chi connectivity index (χ3n) is 2.79. The van der Waals surface area contributed by atoms with Crippen LogP contribution in [0.4, 0.5) is 15.8 Å². The zero-order valence-corrected chi connectivity index (χ0v) is 15.3. The van der Waals surface area contributed by atoms with Gasteiger partial charge in [0.2, 0.25) is 3.79 Å². The predicted molar refractivity (Wildman–Crippen MR) is 96.1 cm³/mol. The van der Waals surface area contributed by atoms with Crippen molar-refractivity contribution in [2.45, 2.75) is 10.4 Å². The Hall–Kier alpha value is -0.420. The molecule has 0 bridgehead atoms. The van der Waals surface area contributed by atoms with Crippen molar-refractivity contribution in [1.82, 2.24) is 0 Å². The Kier molecular flexibility index (Phi) is 6.66. The molecule has 0 aliphatic heterocycles. The quantitative estimate of drug-likeness (QED) is 0.543. The molecule has 2 aromatic carbocycles. The standard InChI is InChI=1S/C15H11Cl5FNO/c16-10-2-1-3-11(17)14(10)22-13-6-9(4-5-12(13)21)7-23-8-15(18,19)20/h1-6,22H,7-8H2. The van der Waals surface area contributed by atoms with Gasteiger partial charge in [0, 0.05) is 0 Å². The van der Waals surface area contributed by atoms with Gasteiger partial charge >= 0.3 is 0 Å². The smallest absolute Gasteiger partial charge is 0.213 e. The van der Waals surface area contributed by atoms with E-state index in [0.717, 1.165) is 0 Å². The first kappa shape index (κ1) is 18.9. The minimum absolute atomic E-state index is 0.0753. The van der Waals surface area contributed by atoms with Crippen molar-refractivity contribution in [3.63, 3.8) is 0 Å². The predicted octanol–water partition coefficient (Wildman–Crippen LogP) is 6.76. The SMILES string of the molecule is Fc1ccc(COCC(Cl)(Cl)Cl)cc1Nc1c(Cl)cccc1Cl. The Labute approximate surface area is 158 Å². The minimum Gasteiger partial charge on any atom is -0.372 e. The number of anilines is 2. The van der Waals surface area contributed by atoms with Crippen molar-refractivity contribution < 1.29 is 9.13 Å². The number of ether oxygens (including phenoxy) is 1. The molecule has 0 unspecified atom stereocenters. The van der Waals surface area contributed by atoms with E-state index in [9.17, 15) is 4.39 Å². The van der Waals surface area contributed by atoms with Crippen LogP contribution >= 0.6 is 58.0 Å². The van der Waals surface area contributed by atoms with Crippen LogP contribution in [0.3, 0.4) is 0 Å². The first-order valence-electron chi connectivity index (χ1n) is 6.40. The molecule has 0 radical (unpaired) electrons. The lowest BCUT2D eigenvalue weighted by atomic mass is 10.2. The molecule has 2 nitrogen and oxygen atoms in total. The van der Waals surface area contributed by atoms with Crippen LogP contribution in [0, 0.1) is 5.82 Å². The van der Waals surface area contributed by atoms with E-state index in [2.05, 4.69) is 5.32 Å². The lowest BCUT2D eigenvalue weighted by Gasteiger charge is -2.14. The van der Waals surface area contributed by atoms with Gasteiger partial charge in [-0.25, -0.2) is 4.39 Å². The van der Waals surface area contributed by atoms with E-state index in [1.807, 2.05) is 0 Å². The highest BCUT2D eigenvalue weighted by molar-refractivity contribution is 6.67. The molecule has 124 valence electrons. The molecule has 0 amide bonds. The van der Waals surface area contributed by atoms with E-state index in [1.54, 1.807) is 30.3 Å². The third-order valence-corrected chi connectivity index (χ3v) is 3.74. The second kappa shape index (κ2) is 8.11. The number of hydrogen-bond acceptors (Lipinski definition) is 2. The monoisotopic (exact) mass is 415 g/mol. The highest BCUT2D eigenvalue weighted by Gasteiger charge is 2.19. The van der Waals surface area contributed by atoms with Gasteiger partial charge in [-0.1, -0.05) is 70.1 Å². The summed E-state index contributed by atoms with van der Waals surface area (Å²) < 4.78 is 17.8. The molecule has 0 aliphatic rings. The number of nitrogens with one attached hydrogen (secondary N) is 1. The second-order valence-corrected chi connectivity index (χ2v) is 7.97. The van der Waals surface area contributed by atoms with Crippen molar-refractivity contribution in [2.24, 2.45) is 0 Å². The molecular formula is C15H11Cl5FNO. The lowest BCUT2D eigenvalue weighted by molar-refractivity contribution is 0.126. The average Bonchev–Trinajstić information content (AvgIpc) is 2.44. The Balaban J connectivity index is 2.15. The summed E-state index contributed by atoms with van der Waals surface area (Å²) in [6, 6.07) is 9.47. The lowest BCUT2D eigenvalue weighted by Crippen LogP contribution is -2.12. The molecule has 1 N–H and O–H groups in total. The van der Waals surface area contributed by atoms with E-state index in [-0.39, 0.29) is 18.9 Å². The summed E-state index contributed by atoms with van der Waals surface area (Å²) in [4.78, 5) is 0. The Morgan fingerprint density at radius 3 is 2.30 bits per heavy atom. The molecule has 0 aromatic heterocycles. The average molecular weight is 418 g/mol. The van der Waals surface area contributed by atoms with Crippen molar-refractivity contribution in [3.05, 3.63) is 57.8 Å². The molecule has 0 fully saturated rings. The van der Waals surface area contributed by atoms with Crippen molar-refractivity contribution in [3.8, 4) is 0 Å². The maximum absolute atomic E-state index is 14.0. The summed E-state index contributed by atoms with van der Waals surface area (Å²) in [6.07, 6.45) is 0. The normalized spacial score (nSPS) is 11.6. The minimum atomic E-state index is -1.49. The summed E-state index contributed by atoms with van der Waals surface area (Å²) in [5, 5.41) is 3.65. The van der Waals surface area contributed by atoms with Crippen LogP contribution < -0.4 is 5.32 Å². The highest BCUT2D eigenvalue weighted by Crippen LogP contribution is 2.33. The molecular weight excluding hydrogens is 406 g/mol. The first-order chi connectivity index (χ1) is 10.8. The Morgan fingerprint density at radius 1 is 1.04 bits per heavy atom. The maximum atomic E-state index is 14.0. The molecule has 2 rings (SSSR count). The van der Waals surface area contributed by atoms with Crippen LogP contribution in [0.1, 0.15) is 5.56 Å². The number of para-hydroxylation sites is 1. The number of hydrogen-bond donors (Lipinski definition) is 1. The van der Waals surface area contributed by atoms with Crippen LogP contribution in [0.15, 0.2) is 36.4 Å². The Morgan fingerprint density at radius 2 is 1.70 bits per heavy atom. The van der Waals surface area contributed by atoms with Gasteiger partial charge in [0.15, 0.2) is 0 Å². The molecule has 8 heteroatoms. The van der Waals surface area contributed by atoms with Crippen LogP contribution in [0.2, 0.25) is 10.0 Å². The number of alkyl halides is 3. The zero-order chi connectivity index (χ0) is 17.0. The van der Waals surface area contributed by atoms with E-state index in [0.29, 0.717) is 21.3 Å². The van der Waals surface area contributed by atoms with Crippen LogP contribution in [-0.4, -0.2) is 10.4 Å². The van der Waals surface area contributed by atoms with Crippen LogP contribution in [0.25, 0.3) is 0 Å². The van der Waals surface area contributed by atoms with Crippen LogP contribution in [-0.2, 0) is 11.3 Å². The fourth-order valence-corrected chi connectivity index (χ4v) is 2.52. The molecule has 0 aliphatic carbocycles. The fourth-order valence-electron chi connectivity index (χ4n) is 1.79. The maximum Gasteiger partial charge on any atom is 0.213 e. The molecule has 0 saturated carbocycles. The van der Waals surface area contributed by atoms with E-state index in [1.165, 1.54) is 6.07 Å². The highest BCUT2D eigenvalue weighted by atomic mass is 35.6. The summed E-state index contributed by atoms with van der Waals surface area (Å²) >= 11 is 28.9. The molecule has 0 saturated heterocycles. The van der Waals surface area contributed by atoms with Gasteiger partial charge in [-0.05, 0) is 29.8 Å². The Bertz CT molecular complexity index is 670. The second-order valence-electron chi connectivity index (χ2n) is 4.64. The van der Waals surface area contributed by atoms with Gasteiger partial charge in [-0.3, -0.25) is 0 Å². The van der Waals surface area contributed by atoms with E-state index >= 15 is 0 Å². The molecule has 2 aromatic rings. The topological polar surface area (TPSA) is 21.3 Å². The number of benzene rings is 2. The summed E-state index contributed by atoms with van der Waals surface area (Å²) in [5.41, 5.74) is 1.34. The van der Waals surface area contributed by atoms with Crippen molar-refractivity contribution in [1.29, 1.82) is 0 Å². The first-order valence-corrected chi connectivity index (χ1v) is 8.29. The molecule has 23 heavy (non-hydrogen) atoms. The van der Waals surface area contributed by atoms with Gasteiger partial charge in [0.1, 0.15) is 5.82 Å². The van der Waals surface area contributed by atoms with Gasteiger partial charge in [-0.2, -0.15) is 0 Å². The molecule has 0 spiro atoms. The van der Waals surface area contributed by atoms with Gasteiger partial charge in [0.25, 0.3) is 0 Å². The summed E-state index contributed by atoms with van der Waals surface area (Å²) in [7, 11) is 0. The number of rotatable bonds is 5. The van der Waals surface area contributed by atoms with Crippen LogP contribution in [0.5, 0.6) is 0 Å². The van der Waals surface area contributed by atoms with Gasteiger partial charge < -0.3 is 10.1 Å². The van der Waals surface area contributed by atoms with E-state index < -0.39 is 9.61 Å². The third kappa shape index (κ3) is 5.86. The fraction of sp³-hybridized carbons (Fsp3) is 0.200. The van der Waals surface area contributed by atoms with E-state index in [4.69, 9.17) is 62.7 Å². The van der Waals surface area contributed by atoms with Gasteiger partial charge in [-0.15, -0.1) is 0 Å². The van der Waals surface area contributed by atoms with Crippen molar-refractivity contribution >= 4 is 69.4 Å². The van der Waals surface area contributed by atoms with Crippen molar-refractivity contribution in [2.75, 3.05) is 11.9 Å². The van der Waals surface area contributed by atoms with Gasteiger partial charge in [0.05, 0.1) is 34.6 Å². The molecule has 0 atom stereocenters. The zero-order valence-electron chi connectivity index (χ0n) is 11.6. The largest absolute Gasteiger partial charge is 0.372 e. The number of halogens is 6. The summed E-state index contributed by atoms with van der Waals surface area (Å²) in [5.74, 6) is -0.453. The molecule has 0 heterocycles. The summed E-state index contributed by atoms with van der Waals surface area (Å²) in [6.45, 7) is 0.0905.